The van der Waals surface area contributed by atoms with Crippen molar-refractivity contribution in [1.29, 1.82) is 0 Å². The number of nitrogens with zero attached hydrogens (tertiary/aromatic N) is 2. The highest BCUT2D eigenvalue weighted by Gasteiger charge is 2.52. The first-order chi connectivity index (χ1) is 11.6. The first-order valence-corrected chi connectivity index (χ1v) is 9.09. The molecule has 2 bridgehead atoms. The molecule has 0 unspecified atom stereocenters. The minimum atomic E-state index is -0.505. The molecule has 1 N–H and O–H groups in total. The molecule has 2 fully saturated rings. The summed E-state index contributed by atoms with van der Waals surface area (Å²) in [5, 5.41) is 10.6. The summed E-state index contributed by atoms with van der Waals surface area (Å²) in [5.41, 5.74) is 0.522. The van der Waals surface area contributed by atoms with Crippen LogP contribution in [-0.2, 0) is 10.3 Å². The molecule has 3 atom stereocenters. The number of aliphatic hydroxyl groups is 1. The van der Waals surface area contributed by atoms with E-state index in [1.807, 2.05) is 39.0 Å². The van der Waals surface area contributed by atoms with E-state index in [0.29, 0.717) is 19.5 Å². The van der Waals surface area contributed by atoms with Gasteiger partial charge < -0.3 is 14.7 Å². The predicted octanol–water partition coefficient (Wildman–Crippen LogP) is 2.98. The van der Waals surface area contributed by atoms with Crippen molar-refractivity contribution in [3.8, 4) is 0 Å². The lowest BCUT2D eigenvalue weighted by Gasteiger charge is -2.49. The molecular formula is C20H30N2O3. The Morgan fingerprint density at radius 3 is 2.32 bits per heavy atom. The molecule has 0 radical (unpaired) electrons. The van der Waals surface area contributed by atoms with E-state index in [9.17, 15) is 9.90 Å². The maximum Gasteiger partial charge on any atom is 0.410 e. The third kappa shape index (κ3) is 3.53. The summed E-state index contributed by atoms with van der Waals surface area (Å²) < 4.78 is 5.53. The van der Waals surface area contributed by atoms with Crippen LogP contribution in [0.15, 0.2) is 30.3 Å². The highest BCUT2D eigenvalue weighted by molar-refractivity contribution is 5.68. The Labute approximate surface area is 150 Å². The van der Waals surface area contributed by atoms with Crippen molar-refractivity contribution >= 4 is 6.09 Å². The van der Waals surface area contributed by atoms with Crippen LogP contribution in [0.1, 0.15) is 46.6 Å². The fourth-order valence-corrected chi connectivity index (χ4v) is 4.27. The standard InChI is InChI=1S/C20H30N2O3/c1-19(2,3)25-18(24)21-12-15-11-17(23)16(13-21)22(15)20(4,5)14-9-7-6-8-10-14/h6-10,15-17,23H,11-13H2,1-5H3/t15-,16-,17+/m0/s1. The Morgan fingerprint density at radius 2 is 1.76 bits per heavy atom. The van der Waals surface area contributed by atoms with Crippen LogP contribution in [0.25, 0.3) is 0 Å². The number of aliphatic hydroxyl groups excluding tert-OH is 1. The van der Waals surface area contributed by atoms with Gasteiger partial charge in [0.2, 0.25) is 0 Å². The minimum absolute atomic E-state index is 0.0681. The van der Waals surface area contributed by atoms with Crippen LogP contribution in [0.2, 0.25) is 0 Å². The predicted molar refractivity (Wildman–Crippen MR) is 97.3 cm³/mol. The summed E-state index contributed by atoms with van der Waals surface area (Å²) in [6, 6.07) is 10.4. The van der Waals surface area contributed by atoms with Crippen molar-refractivity contribution in [2.45, 2.75) is 70.4 Å². The van der Waals surface area contributed by atoms with E-state index < -0.39 is 11.7 Å². The van der Waals surface area contributed by atoms with Crippen LogP contribution in [0.5, 0.6) is 0 Å². The fourth-order valence-electron chi connectivity index (χ4n) is 4.27. The molecule has 2 aliphatic heterocycles. The largest absolute Gasteiger partial charge is 0.444 e. The monoisotopic (exact) mass is 346 g/mol. The van der Waals surface area contributed by atoms with E-state index >= 15 is 0 Å². The van der Waals surface area contributed by atoms with E-state index in [4.69, 9.17) is 4.74 Å². The first kappa shape index (κ1) is 18.2. The van der Waals surface area contributed by atoms with Crippen molar-refractivity contribution in [3.05, 3.63) is 35.9 Å². The van der Waals surface area contributed by atoms with Gasteiger partial charge >= 0.3 is 6.09 Å². The van der Waals surface area contributed by atoms with Gasteiger partial charge in [-0.15, -0.1) is 0 Å². The lowest BCUT2D eigenvalue weighted by Crippen LogP contribution is -2.62. The smallest absolute Gasteiger partial charge is 0.410 e. The average molecular weight is 346 g/mol. The number of carbonyl (C=O) groups is 1. The molecule has 0 spiro atoms. The second-order valence-corrected chi connectivity index (χ2v) is 8.74. The van der Waals surface area contributed by atoms with Crippen LogP contribution in [0, 0.1) is 0 Å². The molecule has 0 saturated carbocycles. The van der Waals surface area contributed by atoms with Crippen LogP contribution < -0.4 is 0 Å². The zero-order valence-electron chi connectivity index (χ0n) is 15.9. The van der Waals surface area contributed by atoms with Gasteiger partial charge in [-0.1, -0.05) is 30.3 Å². The van der Waals surface area contributed by atoms with Gasteiger partial charge in [0, 0.05) is 24.7 Å². The lowest BCUT2D eigenvalue weighted by molar-refractivity contribution is -0.0390. The molecule has 25 heavy (non-hydrogen) atoms. The quantitative estimate of drug-likeness (QED) is 0.894. The SMILES string of the molecule is CC(C)(C)OC(=O)N1C[C@@H]2C[C@@H](O)[C@H](C1)N2C(C)(C)c1ccccc1. The first-order valence-electron chi connectivity index (χ1n) is 9.09. The van der Waals surface area contributed by atoms with Gasteiger partial charge in [0.25, 0.3) is 0 Å². The number of rotatable bonds is 2. The Bertz CT molecular complexity index is 624. The Morgan fingerprint density at radius 1 is 1.12 bits per heavy atom. The Kier molecular flexibility index (Phi) is 4.58. The average Bonchev–Trinajstić information content (AvgIpc) is 2.73. The molecule has 0 aliphatic carbocycles. The number of amides is 1. The van der Waals surface area contributed by atoms with Crippen molar-refractivity contribution in [3.63, 3.8) is 0 Å². The van der Waals surface area contributed by atoms with Crippen LogP contribution in [-0.4, -0.2) is 57.9 Å². The zero-order chi connectivity index (χ0) is 18.4. The molecule has 2 saturated heterocycles. The fraction of sp³-hybridized carbons (Fsp3) is 0.650. The summed E-state index contributed by atoms with van der Waals surface area (Å²) in [4.78, 5) is 16.6. The number of hydrogen-bond donors (Lipinski definition) is 1. The molecule has 5 nitrogen and oxygen atoms in total. The molecule has 5 heteroatoms. The summed E-state index contributed by atoms with van der Waals surface area (Å²) >= 11 is 0. The third-order valence-corrected chi connectivity index (χ3v) is 5.32. The van der Waals surface area contributed by atoms with Crippen molar-refractivity contribution in [2.75, 3.05) is 13.1 Å². The van der Waals surface area contributed by atoms with Gasteiger partial charge in [0.05, 0.1) is 12.1 Å². The topological polar surface area (TPSA) is 53.0 Å². The molecule has 1 amide bonds. The van der Waals surface area contributed by atoms with Gasteiger partial charge in [0.15, 0.2) is 0 Å². The van der Waals surface area contributed by atoms with E-state index in [1.165, 1.54) is 5.56 Å². The number of fused-ring (bicyclic) bond motifs is 2. The van der Waals surface area contributed by atoms with Gasteiger partial charge in [-0.05, 0) is 46.6 Å². The van der Waals surface area contributed by atoms with Gasteiger partial charge in [0.1, 0.15) is 5.60 Å². The number of piperazine rings is 1. The third-order valence-electron chi connectivity index (χ3n) is 5.32. The van der Waals surface area contributed by atoms with Crippen molar-refractivity contribution in [2.24, 2.45) is 0 Å². The normalized spacial score (nSPS) is 27.4. The zero-order valence-corrected chi connectivity index (χ0v) is 15.9. The summed E-state index contributed by atoms with van der Waals surface area (Å²) in [7, 11) is 0. The minimum Gasteiger partial charge on any atom is -0.444 e. The number of likely N-dealkylation sites (tertiary alicyclic amines) is 1. The number of carbonyl (C=O) groups excluding carboxylic acids is 1. The number of ether oxygens (including phenoxy) is 1. The molecule has 138 valence electrons. The van der Waals surface area contributed by atoms with Gasteiger partial charge in [-0.25, -0.2) is 4.79 Å². The van der Waals surface area contributed by atoms with Crippen LogP contribution in [0.4, 0.5) is 4.79 Å². The van der Waals surface area contributed by atoms with E-state index in [1.54, 1.807) is 4.90 Å². The summed E-state index contributed by atoms with van der Waals surface area (Å²) in [6.07, 6.45) is -0.00515. The Hall–Kier alpha value is -1.59. The maximum absolute atomic E-state index is 12.5. The van der Waals surface area contributed by atoms with E-state index in [0.717, 1.165) is 0 Å². The van der Waals surface area contributed by atoms with Crippen LogP contribution >= 0.6 is 0 Å². The molecule has 3 rings (SSSR count). The number of hydrogen-bond acceptors (Lipinski definition) is 4. The Balaban J connectivity index is 1.81. The lowest BCUT2D eigenvalue weighted by atomic mass is 9.89. The van der Waals surface area contributed by atoms with Crippen molar-refractivity contribution < 1.29 is 14.6 Å². The van der Waals surface area contributed by atoms with Gasteiger partial charge in [-0.2, -0.15) is 0 Å². The molecule has 1 aromatic rings. The summed E-state index contributed by atoms with van der Waals surface area (Å²) in [6.45, 7) is 11.1. The number of benzene rings is 1. The van der Waals surface area contributed by atoms with Crippen LogP contribution in [0.3, 0.4) is 0 Å². The molecule has 0 aromatic heterocycles. The molecule has 1 aromatic carbocycles. The molecule has 2 aliphatic rings. The maximum atomic E-state index is 12.5. The van der Waals surface area contributed by atoms with Crippen molar-refractivity contribution in [1.82, 2.24) is 9.80 Å². The van der Waals surface area contributed by atoms with Gasteiger partial charge in [-0.3, -0.25) is 4.90 Å². The molecular weight excluding hydrogens is 316 g/mol. The molecule has 2 heterocycles. The highest BCUT2D eigenvalue weighted by Crippen LogP contribution is 2.41. The highest BCUT2D eigenvalue weighted by atomic mass is 16.6. The second-order valence-electron chi connectivity index (χ2n) is 8.74. The second kappa shape index (κ2) is 6.29. The van der Waals surface area contributed by atoms with E-state index in [-0.39, 0.29) is 23.7 Å². The summed E-state index contributed by atoms with van der Waals surface area (Å²) in [5.74, 6) is 0. The van der Waals surface area contributed by atoms with E-state index in [2.05, 4.69) is 30.9 Å².